The molecule has 50 heavy (non-hydrogen) atoms. The van der Waals surface area contributed by atoms with Gasteiger partial charge in [-0.1, -0.05) is 101 Å². The van der Waals surface area contributed by atoms with Crippen LogP contribution in [0.4, 0.5) is 51.2 Å². The van der Waals surface area contributed by atoms with Crippen molar-refractivity contribution in [1.82, 2.24) is 0 Å². The molecule has 2 aliphatic heterocycles. The second kappa shape index (κ2) is 11.9. The summed E-state index contributed by atoms with van der Waals surface area (Å²) >= 11 is 0. The molecule has 0 aliphatic carbocycles. The molecule has 0 saturated heterocycles. The Balaban J connectivity index is 1.31. The van der Waals surface area contributed by atoms with Gasteiger partial charge in [-0.3, -0.25) is 0 Å². The highest BCUT2D eigenvalue weighted by Crippen LogP contribution is 2.45. The quantitative estimate of drug-likeness (QED) is 0.173. The number of hydrogen-bond acceptors (Lipinski definition) is 3. The van der Waals surface area contributed by atoms with E-state index in [9.17, 15) is 0 Å². The van der Waals surface area contributed by atoms with Crippen LogP contribution in [-0.4, -0.2) is 6.71 Å². The van der Waals surface area contributed by atoms with E-state index in [0.29, 0.717) is 0 Å². The molecule has 240 valence electrons. The van der Waals surface area contributed by atoms with Crippen molar-refractivity contribution in [2.45, 2.75) is 27.7 Å². The molecule has 0 spiro atoms. The van der Waals surface area contributed by atoms with Gasteiger partial charge in [0.1, 0.15) is 0 Å². The fraction of sp³-hybridized carbons (Fsp3) is 0.0870. The lowest BCUT2D eigenvalue weighted by Gasteiger charge is -2.44. The second-order valence-corrected chi connectivity index (χ2v) is 13.8. The van der Waals surface area contributed by atoms with E-state index in [0.717, 1.165) is 22.7 Å². The number of para-hydroxylation sites is 1. The Bertz CT molecular complexity index is 2320. The number of rotatable bonds is 5. The molecule has 3 nitrogen and oxygen atoms in total. The van der Waals surface area contributed by atoms with E-state index >= 15 is 0 Å². The van der Waals surface area contributed by atoms with Crippen molar-refractivity contribution < 1.29 is 0 Å². The molecule has 0 radical (unpaired) electrons. The van der Waals surface area contributed by atoms with Crippen molar-refractivity contribution in [3.8, 4) is 0 Å². The lowest BCUT2D eigenvalue weighted by molar-refractivity contribution is 1.23. The predicted molar refractivity (Wildman–Crippen MR) is 214 cm³/mol. The monoisotopic (exact) mass is 643 g/mol. The van der Waals surface area contributed by atoms with Gasteiger partial charge in [-0.25, -0.2) is 0 Å². The van der Waals surface area contributed by atoms with Crippen LogP contribution in [0, 0.1) is 27.7 Å². The molecular formula is C46H38BN3. The van der Waals surface area contributed by atoms with Crippen LogP contribution in [0.25, 0.3) is 0 Å². The summed E-state index contributed by atoms with van der Waals surface area (Å²) in [6.45, 7) is 8.73. The zero-order valence-corrected chi connectivity index (χ0v) is 28.9. The molecule has 0 N–H and O–H groups in total. The SMILES string of the molecule is Cc1ccc(N(c2ccc(C)cc2)c2ccc3c(c2)N(c2ccccc2)c2cccc4c2B3c2cc(C)ccc2N4c2ccc(C)cc2)cc1. The van der Waals surface area contributed by atoms with Gasteiger partial charge in [0.15, 0.2) is 0 Å². The normalized spacial score (nSPS) is 12.7. The van der Waals surface area contributed by atoms with E-state index in [1.54, 1.807) is 0 Å². The van der Waals surface area contributed by atoms with Crippen LogP contribution in [0.1, 0.15) is 22.3 Å². The summed E-state index contributed by atoms with van der Waals surface area (Å²) in [7, 11) is 0. The fourth-order valence-electron chi connectivity index (χ4n) is 7.84. The summed E-state index contributed by atoms with van der Waals surface area (Å²) in [4.78, 5) is 7.32. The highest BCUT2D eigenvalue weighted by atomic mass is 15.2. The van der Waals surface area contributed by atoms with Crippen LogP contribution in [0.3, 0.4) is 0 Å². The standard InChI is InChI=1S/C46H38BN3/c1-31-13-20-36(21-14-31)48(37-22-15-32(2)16-23-37)39-26-27-40-45(30-39)50(35-9-6-5-7-10-35)44-12-8-11-43-46(44)47(40)41-29-34(4)19-28-42(41)49(43)38-24-17-33(3)18-25-38/h5-30H,1-4H3. The van der Waals surface area contributed by atoms with E-state index in [4.69, 9.17) is 0 Å². The molecule has 4 heteroatoms. The van der Waals surface area contributed by atoms with Gasteiger partial charge in [0.05, 0.1) is 0 Å². The van der Waals surface area contributed by atoms with Gasteiger partial charge in [0, 0.05) is 51.2 Å². The minimum absolute atomic E-state index is 0.0778. The first-order chi connectivity index (χ1) is 24.4. The lowest BCUT2D eigenvalue weighted by Crippen LogP contribution is -2.61. The number of fused-ring (bicyclic) bond motifs is 4. The van der Waals surface area contributed by atoms with Crippen LogP contribution >= 0.6 is 0 Å². The maximum atomic E-state index is 2.48. The molecule has 2 heterocycles. The van der Waals surface area contributed by atoms with Crippen molar-refractivity contribution in [2.75, 3.05) is 14.7 Å². The van der Waals surface area contributed by atoms with Crippen molar-refractivity contribution in [2.24, 2.45) is 0 Å². The Labute approximate surface area is 295 Å². The zero-order valence-electron chi connectivity index (χ0n) is 28.9. The third kappa shape index (κ3) is 4.90. The maximum Gasteiger partial charge on any atom is 0.252 e. The first-order valence-electron chi connectivity index (χ1n) is 17.5. The molecule has 9 rings (SSSR count). The molecule has 2 aliphatic rings. The minimum atomic E-state index is 0.0778. The van der Waals surface area contributed by atoms with Crippen LogP contribution in [0.2, 0.25) is 0 Å². The Kier molecular flexibility index (Phi) is 7.13. The lowest BCUT2D eigenvalue weighted by atomic mass is 9.33. The van der Waals surface area contributed by atoms with Crippen LogP contribution < -0.4 is 31.1 Å². The fourth-order valence-corrected chi connectivity index (χ4v) is 7.84. The third-order valence-electron chi connectivity index (χ3n) is 10.3. The Morgan fingerprint density at radius 2 is 0.900 bits per heavy atom. The van der Waals surface area contributed by atoms with Crippen molar-refractivity contribution >= 4 is 74.3 Å². The van der Waals surface area contributed by atoms with E-state index < -0.39 is 0 Å². The average molecular weight is 644 g/mol. The molecule has 0 bridgehead atoms. The average Bonchev–Trinajstić information content (AvgIpc) is 3.14. The van der Waals surface area contributed by atoms with Crippen LogP contribution in [-0.2, 0) is 0 Å². The number of aryl methyl sites for hydroxylation is 4. The topological polar surface area (TPSA) is 9.72 Å². The summed E-state index contributed by atoms with van der Waals surface area (Å²) in [6.07, 6.45) is 0. The van der Waals surface area contributed by atoms with Crippen molar-refractivity contribution in [3.05, 3.63) is 180 Å². The number of nitrogens with zero attached hydrogens (tertiary/aromatic N) is 3. The molecule has 0 atom stereocenters. The molecule has 7 aromatic carbocycles. The highest BCUT2D eigenvalue weighted by molar-refractivity contribution is 7.00. The first-order valence-corrected chi connectivity index (χ1v) is 17.5. The predicted octanol–water partition coefficient (Wildman–Crippen LogP) is 10.5. The van der Waals surface area contributed by atoms with Crippen LogP contribution in [0.15, 0.2) is 158 Å². The molecule has 0 aromatic heterocycles. The number of benzene rings is 7. The summed E-state index contributed by atoms with van der Waals surface area (Å²) < 4.78 is 0. The molecule has 7 aromatic rings. The van der Waals surface area contributed by atoms with E-state index in [1.165, 1.54) is 67.1 Å². The summed E-state index contributed by atoms with van der Waals surface area (Å²) in [5.41, 5.74) is 19.6. The summed E-state index contributed by atoms with van der Waals surface area (Å²) in [6, 6.07) is 58.4. The van der Waals surface area contributed by atoms with Gasteiger partial charge in [0.2, 0.25) is 0 Å². The Morgan fingerprint density at radius 3 is 1.52 bits per heavy atom. The van der Waals surface area contributed by atoms with Gasteiger partial charge >= 0.3 is 0 Å². The minimum Gasteiger partial charge on any atom is -0.311 e. The Morgan fingerprint density at radius 1 is 0.380 bits per heavy atom. The van der Waals surface area contributed by atoms with E-state index in [-0.39, 0.29) is 6.71 Å². The van der Waals surface area contributed by atoms with Gasteiger partial charge < -0.3 is 14.7 Å². The summed E-state index contributed by atoms with van der Waals surface area (Å²) in [5.74, 6) is 0. The van der Waals surface area contributed by atoms with Crippen LogP contribution in [0.5, 0.6) is 0 Å². The maximum absolute atomic E-state index is 2.48. The third-order valence-corrected chi connectivity index (χ3v) is 10.3. The number of hydrogen-bond donors (Lipinski definition) is 0. The largest absolute Gasteiger partial charge is 0.311 e. The van der Waals surface area contributed by atoms with E-state index in [2.05, 4.69) is 200 Å². The van der Waals surface area contributed by atoms with Gasteiger partial charge in [-0.2, -0.15) is 0 Å². The smallest absolute Gasteiger partial charge is 0.252 e. The zero-order chi connectivity index (χ0) is 33.9. The van der Waals surface area contributed by atoms with Gasteiger partial charge in [0.25, 0.3) is 6.71 Å². The van der Waals surface area contributed by atoms with Crippen molar-refractivity contribution in [1.29, 1.82) is 0 Å². The molecular weight excluding hydrogens is 605 g/mol. The van der Waals surface area contributed by atoms with Gasteiger partial charge in [-0.15, -0.1) is 0 Å². The molecule has 0 amide bonds. The summed E-state index contributed by atoms with van der Waals surface area (Å²) in [5, 5.41) is 0. The number of anilines is 9. The molecule has 0 unspecified atom stereocenters. The first kappa shape index (κ1) is 30.1. The molecule has 0 saturated carbocycles. The second-order valence-electron chi connectivity index (χ2n) is 13.8. The highest BCUT2D eigenvalue weighted by Gasteiger charge is 2.43. The Hall–Kier alpha value is -6.00. The van der Waals surface area contributed by atoms with E-state index in [1.807, 2.05) is 0 Å². The molecule has 0 fully saturated rings. The van der Waals surface area contributed by atoms with Gasteiger partial charge in [-0.05, 0) is 123 Å². The van der Waals surface area contributed by atoms with Crippen molar-refractivity contribution in [3.63, 3.8) is 0 Å².